The fraction of sp³-hybridized carbons (Fsp3) is 0.304. The van der Waals surface area contributed by atoms with Crippen molar-refractivity contribution in [3.63, 3.8) is 0 Å². The van der Waals surface area contributed by atoms with Gasteiger partial charge in [-0.05, 0) is 48.7 Å². The van der Waals surface area contributed by atoms with Crippen molar-refractivity contribution in [2.75, 3.05) is 13.2 Å². The maximum atomic E-state index is 11.4. The molecule has 0 aliphatic heterocycles. The molecule has 0 spiro atoms. The van der Waals surface area contributed by atoms with E-state index in [0.717, 1.165) is 5.56 Å². The molecule has 8 nitrogen and oxygen atoms in total. The first-order chi connectivity index (χ1) is 14.7. The molecule has 0 amide bonds. The summed E-state index contributed by atoms with van der Waals surface area (Å²) < 4.78 is 4.76. The molecule has 0 fully saturated rings. The quantitative estimate of drug-likeness (QED) is 0.211. The first-order valence-electron chi connectivity index (χ1n) is 9.78. The number of carbonyl (C=O) groups is 2. The molecule has 0 bridgehead atoms. The summed E-state index contributed by atoms with van der Waals surface area (Å²) in [5.41, 5.74) is 17.4. The van der Waals surface area contributed by atoms with Gasteiger partial charge in [0.05, 0.1) is 12.6 Å². The summed E-state index contributed by atoms with van der Waals surface area (Å²) in [5.74, 6) is -0.167. The summed E-state index contributed by atoms with van der Waals surface area (Å²) in [6, 6.07) is 11.1. The number of hydrogen-bond donors (Lipinski definition) is 5. The van der Waals surface area contributed by atoms with Gasteiger partial charge in [0.25, 0.3) is 0 Å². The minimum atomic E-state index is -0.782. The fourth-order valence-corrected chi connectivity index (χ4v) is 2.25. The van der Waals surface area contributed by atoms with E-state index in [1.807, 2.05) is 0 Å². The number of nitrogens with two attached hydrogens (primary N) is 3. The first kappa shape index (κ1) is 36.0. The SMILES string of the molecule is CCOC(=O)C(N)c1ccc(O)cc1.[CH2-]CCC(=O)C(N)c1ccc(O)cc1.[CH2-]CN.[W].[W]. The third-order valence-electron chi connectivity index (χ3n) is 3.81. The number of Topliss-reactive ketones (excluding diaryl/α,β-unsaturated/α-hetero) is 1. The number of carbonyl (C=O) groups excluding carboxylic acids is 2. The van der Waals surface area contributed by atoms with Gasteiger partial charge < -0.3 is 46.0 Å². The number of ketones is 1. The number of hydrogen-bond acceptors (Lipinski definition) is 8. The van der Waals surface area contributed by atoms with Gasteiger partial charge in [-0.15, -0.1) is 6.54 Å². The maximum absolute atomic E-state index is 11.4. The van der Waals surface area contributed by atoms with E-state index in [9.17, 15) is 9.59 Å². The molecule has 0 saturated heterocycles. The minimum Gasteiger partial charge on any atom is -0.508 e. The largest absolute Gasteiger partial charge is 0.508 e. The zero-order chi connectivity index (χ0) is 23.8. The Morgan fingerprint density at radius 3 is 1.58 bits per heavy atom. The van der Waals surface area contributed by atoms with Crippen LogP contribution in [-0.4, -0.2) is 35.1 Å². The summed E-state index contributed by atoms with van der Waals surface area (Å²) in [5, 5.41) is 18.1. The second-order valence-electron chi connectivity index (χ2n) is 6.25. The van der Waals surface area contributed by atoms with Crippen LogP contribution in [0.4, 0.5) is 0 Å². The fourth-order valence-electron chi connectivity index (χ4n) is 2.25. The van der Waals surface area contributed by atoms with Crippen LogP contribution in [0.2, 0.25) is 0 Å². The predicted octanol–water partition coefficient (Wildman–Crippen LogP) is 2.30. The van der Waals surface area contributed by atoms with Gasteiger partial charge in [-0.3, -0.25) is 4.79 Å². The third kappa shape index (κ3) is 15.1. The van der Waals surface area contributed by atoms with E-state index in [4.69, 9.17) is 32.2 Å². The Bertz CT molecular complexity index is 709. The number of ether oxygens (including phenoxy) is 1. The zero-order valence-electron chi connectivity index (χ0n) is 18.7. The average molecular weight is 799 g/mol. The van der Waals surface area contributed by atoms with Gasteiger partial charge in [0, 0.05) is 42.1 Å². The van der Waals surface area contributed by atoms with E-state index in [2.05, 4.69) is 13.8 Å². The molecule has 33 heavy (non-hydrogen) atoms. The summed E-state index contributed by atoms with van der Waals surface area (Å²) >= 11 is 0. The zero-order valence-corrected chi connectivity index (χ0v) is 24.6. The smallest absolute Gasteiger partial charge is 0.327 e. The van der Waals surface area contributed by atoms with Crippen LogP contribution in [0.1, 0.15) is 43.0 Å². The van der Waals surface area contributed by atoms with Crippen molar-refractivity contribution in [3.8, 4) is 11.5 Å². The Kier molecular flexibility index (Phi) is 22.9. The summed E-state index contributed by atoms with van der Waals surface area (Å²) in [7, 11) is 0. The minimum absolute atomic E-state index is 0. The summed E-state index contributed by atoms with van der Waals surface area (Å²) in [4.78, 5) is 22.6. The number of rotatable bonds is 7. The Balaban J connectivity index is -0.000000462. The Labute approximate surface area is 224 Å². The van der Waals surface area contributed by atoms with Gasteiger partial charge in [0.2, 0.25) is 0 Å². The number of benzene rings is 2. The molecule has 2 aromatic carbocycles. The van der Waals surface area contributed by atoms with E-state index < -0.39 is 18.1 Å². The van der Waals surface area contributed by atoms with Crippen LogP contribution < -0.4 is 17.2 Å². The van der Waals surface area contributed by atoms with Crippen LogP contribution in [0, 0.1) is 13.8 Å². The Hall–Kier alpha value is -1.56. The molecule has 10 heteroatoms. The number of phenols is 2. The van der Waals surface area contributed by atoms with E-state index in [0.29, 0.717) is 31.6 Å². The number of phenolic OH excluding ortho intramolecular Hbond substituents is 2. The number of esters is 1. The van der Waals surface area contributed by atoms with Crippen molar-refractivity contribution < 1.29 is 66.7 Å². The molecule has 2 unspecified atom stereocenters. The second-order valence-corrected chi connectivity index (χ2v) is 6.25. The molecule has 0 saturated carbocycles. The normalized spacial score (nSPS) is 11.0. The van der Waals surface area contributed by atoms with Crippen molar-refractivity contribution in [3.05, 3.63) is 73.5 Å². The molecule has 2 rings (SSSR count). The molecule has 2 atom stereocenters. The molecule has 8 N–H and O–H groups in total. The Morgan fingerprint density at radius 1 is 0.879 bits per heavy atom. The van der Waals surface area contributed by atoms with Crippen molar-refractivity contribution in [2.45, 2.75) is 31.8 Å². The van der Waals surface area contributed by atoms with Crippen LogP contribution in [0.15, 0.2) is 48.5 Å². The van der Waals surface area contributed by atoms with Crippen molar-refractivity contribution in [1.82, 2.24) is 0 Å². The standard InChI is InChI=1S/C11H14NO2.C10H13NO3.C2H6N.2W/c1-2-3-10(14)11(12)8-4-6-9(13)7-5-8;1-2-14-10(13)9(11)7-3-5-8(12)6-4-7;1-2-3;;/h4-7,11,13H,1-3,12H2;3-6,9,12H,2,11H2,1H3;1-3H2;;/q-1;;-1;;. The third-order valence-corrected chi connectivity index (χ3v) is 3.81. The topological polar surface area (TPSA) is 162 Å². The van der Waals surface area contributed by atoms with Crippen LogP contribution in [0.3, 0.4) is 0 Å². The van der Waals surface area contributed by atoms with Crippen LogP contribution >= 0.6 is 0 Å². The number of aromatic hydroxyl groups is 2. The van der Waals surface area contributed by atoms with E-state index in [-0.39, 0.29) is 59.4 Å². The van der Waals surface area contributed by atoms with E-state index >= 15 is 0 Å². The van der Waals surface area contributed by atoms with Gasteiger partial charge in [-0.25, -0.2) is 4.79 Å². The van der Waals surface area contributed by atoms with Crippen LogP contribution in [0.5, 0.6) is 11.5 Å². The van der Waals surface area contributed by atoms with Crippen molar-refractivity contribution >= 4 is 11.8 Å². The molecular weight excluding hydrogens is 766 g/mol. The van der Waals surface area contributed by atoms with Gasteiger partial charge >= 0.3 is 5.97 Å². The van der Waals surface area contributed by atoms with Crippen LogP contribution in [0.25, 0.3) is 0 Å². The van der Waals surface area contributed by atoms with Gasteiger partial charge in [-0.2, -0.15) is 6.42 Å². The van der Waals surface area contributed by atoms with E-state index in [1.54, 1.807) is 31.2 Å². The molecular formula is C23H33N3O5W2-2. The van der Waals surface area contributed by atoms with Crippen molar-refractivity contribution in [2.24, 2.45) is 17.2 Å². The molecule has 0 heterocycles. The molecule has 0 aliphatic carbocycles. The van der Waals surface area contributed by atoms with Gasteiger partial charge in [0.1, 0.15) is 17.5 Å². The monoisotopic (exact) mass is 799 g/mol. The van der Waals surface area contributed by atoms with Crippen molar-refractivity contribution in [1.29, 1.82) is 0 Å². The maximum Gasteiger partial charge on any atom is 0.327 e. The molecule has 0 radical (unpaired) electrons. The van der Waals surface area contributed by atoms with E-state index in [1.165, 1.54) is 24.3 Å². The Morgan fingerprint density at radius 2 is 1.24 bits per heavy atom. The van der Waals surface area contributed by atoms with Gasteiger partial charge in [0.15, 0.2) is 5.78 Å². The molecule has 0 aliphatic rings. The second kappa shape index (κ2) is 21.0. The summed E-state index contributed by atoms with van der Waals surface area (Å²) in [6.45, 7) is 9.40. The van der Waals surface area contributed by atoms with Crippen LogP contribution in [-0.2, 0) is 56.5 Å². The van der Waals surface area contributed by atoms with Gasteiger partial charge in [-0.1, -0.05) is 24.3 Å². The molecule has 184 valence electrons. The summed E-state index contributed by atoms with van der Waals surface area (Å²) in [6.07, 6.45) is 0.951. The first-order valence-corrected chi connectivity index (χ1v) is 9.78. The molecule has 0 aromatic heterocycles. The average Bonchev–Trinajstić information content (AvgIpc) is 2.75. The molecule has 2 aromatic rings. The predicted molar refractivity (Wildman–Crippen MR) is 121 cm³/mol.